The number of nitrogens with zero attached hydrogens (tertiary/aromatic N) is 7. The lowest BCUT2D eigenvalue weighted by Crippen LogP contribution is -3.11. The second kappa shape index (κ2) is 20.1. The highest BCUT2D eigenvalue weighted by molar-refractivity contribution is 6.50. The number of nitrogens with one attached hydrogen (secondary N) is 2. The summed E-state index contributed by atoms with van der Waals surface area (Å²) in [4.78, 5) is 26.1. The third-order valence-corrected chi connectivity index (χ3v) is 8.18. The lowest BCUT2D eigenvalue weighted by molar-refractivity contribution is -0.846. The molecule has 3 aromatic rings. The number of nitro groups is 2. The van der Waals surface area contributed by atoms with Crippen molar-refractivity contribution in [2.24, 2.45) is 20.5 Å². The molecule has 3 aliphatic rings. The maximum absolute atomic E-state index is 11.2. The number of ether oxygens (including phenoxy) is 3. The molecule has 0 saturated carbocycles. The van der Waals surface area contributed by atoms with Gasteiger partial charge in [0.05, 0.1) is 66.6 Å². The van der Waals surface area contributed by atoms with E-state index in [1.54, 1.807) is 24.3 Å². The summed E-state index contributed by atoms with van der Waals surface area (Å²) >= 11 is 0. The Kier molecular flexibility index (Phi) is 15.7. The second-order valence-electron chi connectivity index (χ2n) is 12.0. The quantitative estimate of drug-likeness (QED) is 0.0889. The van der Waals surface area contributed by atoms with Crippen LogP contribution in [0.15, 0.2) is 75.1 Å². The number of azo groups is 2. The van der Waals surface area contributed by atoms with E-state index in [2.05, 4.69) is 21.2 Å². The van der Waals surface area contributed by atoms with Crippen LogP contribution in [0, 0.1) is 20.2 Å². The summed E-state index contributed by atoms with van der Waals surface area (Å²) in [5.74, 6) is 0. The first kappa shape index (κ1) is 43.6. The van der Waals surface area contributed by atoms with Crippen molar-refractivity contribution < 1.29 is 68.4 Å². The highest BCUT2D eigenvalue weighted by atomic mass is 19.5. The van der Waals surface area contributed by atoms with Crippen LogP contribution < -0.4 is 14.7 Å². The Hall–Kier alpha value is -5.17. The first-order chi connectivity index (χ1) is 26.5. The van der Waals surface area contributed by atoms with Crippen molar-refractivity contribution in [3.8, 4) is 0 Å². The Balaban J connectivity index is 0.000000620. The average Bonchev–Trinajstić information content (AvgIpc) is 3.16. The number of rotatable bonds is 9. The van der Waals surface area contributed by atoms with Crippen LogP contribution in [0.25, 0.3) is 0 Å². The smallest absolute Gasteiger partial charge is 0.418 e. The third-order valence-electron chi connectivity index (χ3n) is 8.18. The summed E-state index contributed by atoms with van der Waals surface area (Å²) < 4.78 is 95.1. The van der Waals surface area contributed by atoms with Crippen LogP contribution in [0.2, 0.25) is 0 Å². The molecule has 3 heterocycles. The van der Waals surface area contributed by atoms with E-state index in [0.717, 1.165) is 35.1 Å². The van der Waals surface area contributed by atoms with Gasteiger partial charge in [-0.3, -0.25) is 30.0 Å². The molecule has 3 saturated heterocycles. The van der Waals surface area contributed by atoms with Crippen molar-refractivity contribution in [2.75, 3.05) is 83.8 Å². The van der Waals surface area contributed by atoms with Crippen molar-refractivity contribution in [3.63, 3.8) is 0 Å². The molecule has 0 spiro atoms. The Morgan fingerprint density at radius 3 is 1.36 bits per heavy atom. The summed E-state index contributed by atoms with van der Waals surface area (Å²) in [5.41, 5.74) is 4.86. The summed E-state index contributed by atoms with van der Waals surface area (Å²) in [6.07, 6.45) is 0. The zero-order valence-corrected chi connectivity index (χ0v) is 29.3. The van der Waals surface area contributed by atoms with Gasteiger partial charge in [0, 0.05) is 43.4 Å². The SMILES string of the molecule is F[B-](F)(F)F.F[B-](F)(F)F.O=[N+]([O-])c1ccc(N=Nc2c(N3CCOCC3)cc([NH+]3CCOCC3)c(N=Nc3ccc([N+](=O)[O-])cc3)c2[NH+]2CCOCC2)cc1. The van der Waals surface area contributed by atoms with Crippen molar-refractivity contribution in [2.45, 2.75) is 0 Å². The lowest BCUT2D eigenvalue weighted by atomic mass is 10.1. The number of quaternary nitrogens is 2. The maximum atomic E-state index is 11.2. The average molecular weight is 807 g/mol. The van der Waals surface area contributed by atoms with Crippen LogP contribution in [-0.4, -0.2) is 103 Å². The molecule has 0 radical (unpaired) electrons. The topological polar surface area (TPSA) is 176 Å². The number of morpholine rings is 3. The molecule has 304 valence electrons. The van der Waals surface area contributed by atoms with Crippen molar-refractivity contribution in [1.29, 1.82) is 0 Å². The fourth-order valence-electron chi connectivity index (χ4n) is 5.76. The van der Waals surface area contributed by atoms with E-state index in [1.807, 2.05) is 0 Å². The largest absolute Gasteiger partial charge is 0.673 e. The predicted molar refractivity (Wildman–Crippen MR) is 187 cm³/mol. The van der Waals surface area contributed by atoms with E-state index in [1.165, 1.54) is 29.2 Å². The standard InChI is InChI=1S/C30H33N9O7.2BF4/c40-38(41)24-5-1-22(2-6-24)31-33-28-26(35-9-15-44-16-10-35)21-27(36-11-17-45-18-12-36)29(30(28)37-13-19-46-20-14-37)34-32-23-3-7-25(8-4-23)39(42)43;2*2-1(3,4)5/h1-8,21H,9-20H2;;/q;2*-1/p+2. The molecule has 3 aromatic carbocycles. The van der Waals surface area contributed by atoms with Crippen LogP contribution in [-0.2, 0) is 14.2 Å². The number of nitro benzene ring substituents is 2. The van der Waals surface area contributed by atoms with Gasteiger partial charge in [0.2, 0.25) is 5.69 Å². The molecule has 0 atom stereocenters. The third kappa shape index (κ3) is 14.2. The molecule has 3 aliphatic heterocycles. The lowest BCUT2D eigenvalue weighted by Gasteiger charge is -2.33. The molecular formula is C30H35B2F8N9O7. The van der Waals surface area contributed by atoms with Gasteiger partial charge in [0.1, 0.15) is 26.2 Å². The van der Waals surface area contributed by atoms with E-state index < -0.39 is 24.4 Å². The molecule has 0 aliphatic carbocycles. The molecule has 16 nitrogen and oxygen atoms in total. The molecule has 6 rings (SSSR count). The monoisotopic (exact) mass is 807 g/mol. The van der Waals surface area contributed by atoms with Gasteiger partial charge in [-0.25, -0.2) is 0 Å². The van der Waals surface area contributed by atoms with Crippen LogP contribution >= 0.6 is 0 Å². The summed E-state index contributed by atoms with van der Waals surface area (Å²) in [6.45, 7) is 7.59. The molecule has 0 unspecified atom stereocenters. The van der Waals surface area contributed by atoms with Crippen molar-refractivity contribution >= 4 is 65.7 Å². The number of hydrogen-bond acceptors (Lipinski definition) is 12. The number of hydrogen-bond donors (Lipinski definition) is 2. The van der Waals surface area contributed by atoms with E-state index in [-0.39, 0.29) is 11.4 Å². The molecular weight excluding hydrogens is 772 g/mol. The Labute approximate surface area is 313 Å². The summed E-state index contributed by atoms with van der Waals surface area (Å²) in [5, 5.41) is 41.2. The molecule has 0 bridgehead atoms. The summed E-state index contributed by atoms with van der Waals surface area (Å²) in [7, 11) is -12.0. The highest BCUT2D eigenvalue weighted by Gasteiger charge is 2.35. The zero-order valence-electron chi connectivity index (χ0n) is 29.3. The molecule has 0 aromatic heterocycles. The van der Waals surface area contributed by atoms with E-state index in [9.17, 15) is 54.8 Å². The van der Waals surface area contributed by atoms with E-state index >= 15 is 0 Å². The fraction of sp³-hybridized carbons (Fsp3) is 0.400. The number of halogens is 8. The number of anilines is 1. The van der Waals surface area contributed by atoms with Crippen LogP contribution in [0.3, 0.4) is 0 Å². The first-order valence-corrected chi connectivity index (χ1v) is 16.9. The molecule has 56 heavy (non-hydrogen) atoms. The molecule has 0 amide bonds. The van der Waals surface area contributed by atoms with Gasteiger partial charge in [0.25, 0.3) is 11.4 Å². The molecule has 3 fully saturated rings. The van der Waals surface area contributed by atoms with E-state index in [0.29, 0.717) is 88.6 Å². The Morgan fingerprint density at radius 1 is 0.571 bits per heavy atom. The van der Waals surface area contributed by atoms with Crippen LogP contribution in [0.5, 0.6) is 0 Å². The number of benzene rings is 3. The Bertz CT molecular complexity index is 1690. The van der Waals surface area contributed by atoms with Gasteiger partial charge in [-0.1, -0.05) is 0 Å². The second-order valence-corrected chi connectivity index (χ2v) is 12.0. The van der Waals surface area contributed by atoms with E-state index in [4.69, 9.17) is 24.4 Å². The minimum Gasteiger partial charge on any atom is -0.418 e. The predicted octanol–water partition coefficient (Wildman–Crippen LogP) is 5.86. The fourth-order valence-corrected chi connectivity index (χ4v) is 5.76. The van der Waals surface area contributed by atoms with Gasteiger partial charge >= 0.3 is 14.5 Å². The van der Waals surface area contributed by atoms with Gasteiger partial charge in [-0.2, -0.15) is 10.2 Å². The van der Waals surface area contributed by atoms with Gasteiger partial charge in [0.15, 0.2) is 17.1 Å². The minimum atomic E-state index is -6.00. The van der Waals surface area contributed by atoms with Crippen molar-refractivity contribution in [1.82, 2.24) is 0 Å². The van der Waals surface area contributed by atoms with Gasteiger partial charge in [-0.05, 0) is 24.3 Å². The molecule has 26 heteroatoms. The van der Waals surface area contributed by atoms with Crippen molar-refractivity contribution in [3.05, 3.63) is 74.8 Å². The van der Waals surface area contributed by atoms with Crippen LogP contribution in [0.1, 0.15) is 0 Å². The summed E-state index contributed by atoms with van der Waals surface area (Å²) in [6, 6.07) is 14.0. The van der Waals surface area contributed by atoms with Gasteiger partial charge < -0.3 is 53.6 Å². The Morgan fingerprint density at radius 2 is 0.946 bits per heavy atom. The molecule has 2 N–H and O–H groups in total. The maximum Gasteiger partial charge on any atom is 0.673 e. The minimum absolute atomic E-state index is 0.0281. The normalized spacial score (nSPS) is 17.2. The van der Waals surface area contributed by atoms with Crippen LogP contribution in [0.4, 0.5) is 85.7 Å². The number of non-ortho nitro benzene ring substituents is 2. The zero-order chi connectivity index (χ0) is 40.9. The van der Waals surface area contributed by atoms with Gasteiger partial charge in [-0.15, -0.1) is 10.2 Å². The highest BCUT2D eigenvalue weighted by Crippen LogP contribution is 2.46. The first-order valence-electron chi connectivity index (χ1n) is 16.9.